The van der Waals surface area contributed by atoms with Gasteiger partial charge < -0.3 is 9.84 Å². The molecule has 1 aliphatic heterocycles. The zero-order valence-electron chi connectivity index (χ0n) is 8.25. The van der Waals surface area contributed by atoms with Crippen molar-refractivity contribution in [2.24, 2.45) is 5.92 Å². The van der Waals surface area contributed by atoms with Crippen LogP contribution in [0.1, 0.15) is 25.3 Å². The summed E-state index contributed by atoms with van der Waals surface area (Å²) in [6.07, 6.45) is 0. The lowest BCUT2D eigenvalue weighted by atomic mass is 9.90. The van der Waals surface area contributed by atoms with Crippen molar-refractivity contribution in [2.75, 3.05) is 6.61 Å². The van der Waals surface area contributed by atoms with Gasteiger partial charge in [0.25, 0.3) is 0 Å². The fourth-order valence-corrected chi connectivity index (χ4v) is 1.84. The molecule has 1 aromatic rings. The molecule has 1 N–H and O–H groups in total. The first-order valence-electron chi connectivity index (χ1n) is 4.75. The third-order valence-electron chi connectivity index (χ3n) is 2.72. The number of aromatic hydroxyl groups is 1. The van der Waals surface area contributed by atoms with Crippen LogP contribution in [-0.4, -0.2) is 11.7 Å². The standard InChI is InChI=1S/C11H13FO2/c1-6(2)7-5-14-9-4-3-8(12)11(13)10(7)9/h3-4,6-7,13H,5H2,1-2H3. The Morgan fingerprint density at radius 3 is 2.86 bits per heavy atom. The molecule has 2 rings (SSSR count). The van der Waals surface area contributed by atoms with Crippen LogP contribution >= 0.6 is 0 Å². The van der Waals surface area contributed by atoms with E-state index in [1.54, 1.807) is 6.07 Å². The van der Waals surface area contributed by atoms with Gasteiger partial charge in [-0.15, -0.1) is 0 Å². The molecular weight excluding hydrogens is 183 g/mol. The molecule has 0 saturated heterocycles. The van der Waals surface area contributed by atoms with E-state index >= 15 is 0 Å². The molecular formula is C11H13FO2. The van der Waals surface area contributed by atoms with Gasteiger partial charge in [0.1, 0.15) is 5.75 Å². The molecule has 0 radical (unpaired) electrons. The summed E-state index contributed by atoms with van der Waals surface area (Å²) < 4.78 is 18.5. The van der Waals surface area contributed by atoms with E-state index in [0.717, 1.165) is 0 Å². The average Bonchev–Trinajstić information content (AvgIpc) is 2.55. The van der Waals surface area contributed by atoms with Crippen molar-refractivity contribution in [2.45, 2.75) is 19.8 Å². The minimum Gasteiger partial charge on any atom is -0.505 e. The Bertz CT molecular complexity index is 361. The van der Waals surface area contributed by atoms with Crippen molar-refractivity contribution in [1.29, 1.82) is 0 Å². The number of fused-ring (bicyclic) bond motifs is 1. The quantitative estimate of drug-likeness (QED) is 0.748. The molecule has 1 aliphatic rings. The van der Waals surface area contributed by atoms with Gasteiger partial charge in [0, 0.05) is 11.5 Å². The molecule has 76 valence electrons. The Balaban J connectivity index is 2.52. The largest absolute Gasteiger partial charge is 0.505 e. The minimum absolute atomic E-state index is 0.0979. The summed E-state index contributed by atoms with van der Waals surface area (Å²) in [6, 6.07) is 2.81. The van der Waals surface area contributed by atoms with Crippen molar-refractivity contribution >= 4 is 0 Å². The average molecular weight is 196 g/mol. The van der Waals surface area contributed by atoms with Crippen LogP contribution < -0.4 is 4.74 Å². The molecule has 3 heteroatoms. The summed E-state index contributed by atoms with van der Waals surface area (Å²) in [5.74, 6) is 0.228. The van der Waals surface area contributed by atoms with Crippen LogP contribution in [0.15, 0.2) is 12.1 Å². The van der Waals surface area contributed by atoms with Crippen LogP contribution in [-0.2, 0) is 0 Å². The van der Waals surface area contributed by atoms with Gasteiger partial charge in [0.2, 0.25) is 0 Å². The molecule has 14 heavy (non-hydrogen) atoms. The molecule has 1 unspecified atom stereocenters. The van der Waals surface area contributed by atoms with Crippen LogP contribution in [0.3, 0.4) is 0 Å². The lowest BCUT2D eigenvalue weighted by molar-refractivity contribution is 0.303. The first-order chi connectivity index (χ1) is 6.61. The summed E-state index contributed by atoms with van der Waals surface area (Å²) in [6.45, 7) is 4.60. The second-order valence-corrected chi connectivity index (χ2v) is 3.97. The van der Waals surface area contributed by atoms with E-state index in [9.17, 15) is 9.50 Å². The number of hydrogen-bond acceptors (Lipinski definition) is 2. The second kappa shape index (κ2) is 3.15. The van der Waals surface area contributed by atoms with Crippen LogP contribution in [0.2, 0.25) is 0 Å². The van der Waals surface area contributed by atoms with Gasteiger partial charge in [-0.1, -0.05) is 13.8 Å². The fourth-order valence-electron chi connectivity index (χ4n) is 1.84. The Morgan fingerprint density at radius 2 is 2.21 bits per heavy atom. The van der Waals surface area contributed by atoms with Gasteiger partial charge in [0.15, 0.2) is 11.6 Å². The van der Waals surface area contributed by atoms with E-state index in [1.165, 1.54) is 6.07 Å². The van der Waals surface area contributed by atoms with E-state index in [2.05, 4.69) is 0 Å². The van der Waals surface area contributed by atoms with Crippen molar-refractivity contribution in [3.05, 3.63) is 23.5 Å². The first-order valence-corrected chi connectivity index (χ1v) is 4.75. The van der Waals surface area contributed by atoms with Gasteiger partial charge in [-0.3, -0.25) is 0 Å². The van der Waals surface area contributed by atoms with Gasteiger partial charge in [-0.2, -0.15) is 0 Å². The Kier molecular flexibility index (Phi) is 2.10. The van der Waals surface area contributed by atoms with E-state index in [0.29, 0.717) is 23.8 Å². The van der Waals surface area contributed by atoms with E-state index < -0.39 is 5.82 Å². The summed E-state index contributed by atoms with van der Waals surface area (Å²) in [7, 11) is 0. The minimum atomic E-state index is -0.570. The maximum absolute atomic E-state index is 13.1. The molecule has 0 amide bonds. The number of phenols is 1. The molecule has 1 heterocycles. The van der Waals surface area contributed by atoms with Gasteiger partial charge in [0.05, 0.1) is 6.61 Å². The number of phenolic OH excluding ortho intramolecular Hbond substituents is 1. The van der Waals surface area contributed by atoms with Crippen molar-refractivity contribution in [3.63, 3.8) is 0 Å². The number of benzene rings is 1. The third kappa shape index (κ3) is 1.24. The maximum Gasteiger partial charge on any atom is 0.165 e. The van der Waals surface area contributed by atoms with Crippen molar-refractivity contribution < 1.29 is 14.2 Å². The van der Waals surface area contributed by atoms with Crippen LogP contribution in [0.25, 0.3) is 0 Å². The fraction of sp³-hybridized carbons (Fsp3) is 0.455. The molecule has 0 bridgehead atoms. The normalized spacial score (nSPS) is 19.6. The SMILES string of the molecule is CC(C)C1COc2ccc(F)c(O)c21. The second-order valence-electron chi connectivity index (χ2n) is 3.97. The maximum atomic E-state index is 13.1. The monoisotopic (exact) mass is 196 g/mol. The molecule has 0 saturated carbocycles. The Hall–Kier alpha value is -1.25. The van der Waals surface area contributed by atoms with Crippen molar-refractivity contribution in [1.82, 2.24) is 0 Å². The van der Waals surface area contributed by atoms with Gasteiger partial charge >= 0.3 is 0 Å². The molecule has 0 aliphatic carbocycles. The third-order valence-corrected chi connectivity index (χ3v) is 2.72. The van der Waals surface area contributed by atoms with Crippen molar-refractivity contribution in [3.8, 4) is 11.5 Å². The highest BCUT2D eigenvalue weighted by Gasteiger charge is 2.31. The predicted molar refractivity (Wildman–Crippen MR) is 51.1 cm³/mol. The molecule has 2 nitrogen and oxygen atoms in total. The number of rotatable bonds is 1. The van der Waals surface area contributed by atoms with E-state index in [-0.39, 0.29) is 11.7 Å². The number of hydrogen-bond donors (Lipinski definition) is 1. The summed E-state index contributed by atoms with van der Waals surface area (Å²) in [5.41, 5.74) is 0.625. The zero-order chi connectivity index (χ0) is 10.3. The summed E-state index contributed by atoms with van der Waals surface area (Å²) >= 11 is 0. The molecule has 0 spiro atoms. The Labute approximate surface area is 82.3 Å². The van der Waals surface area contributed by atoms with Gasteiger partial charge in [-0.25, -0.2) is 4.39 Å². The van der Waals surface area contributed by atoms with E-state index in [4.69, 9.17) is 4.74 Å². The molecule has 1 aromatic carbocycles. The highest BCUT2D eigenvalue weighted by molar-refractivity contribution is 5.49. The smallest absolute Gasteiger partial charge is 0.165 e. The topological polar surface area (TPSA) is 29.5 Å². The van der Waals surface area contributed by atoms with Gasteiger partial charge in [-0.05, 0) is 18.1 Å². The molecule has 0 fully saturated rings. The predicted octanol–water partition coefficient (Wildman–Crippen LogP) is 2.66. The molecule has 1 atom stereocenters. The zero-order valence-corrected chi connectivity index (χ0v) is 8.25. The number of ether oxygens (including phenoxy) is 1. The molecule has 0 aromatic heterocycles. The lowest BCUT2D eigenvalue weighted by Crippen LogP contribution is -2.08. The van der Waals surface area contributed by atoms with Crippen LogP contribution in [0, 0.1) is 11.7 Å². The highest BCUT2D eigenvalue weighted by Crippen LogP contribution is 2.44. The van der Waals surface area contributed by atoms with E-state index in [1.807, 2.05) is 13.8 Å². The lowest BCUT2D eigenvalue weighted by Gasteiger charge is -2.13. The van der Waals surface area contributed by atoms with Crippen LogP contribution in [0.4, 0.5) is 4.39 Å². The number of halogens is 1. The summed E-state index contributed by atoms with van der Waals surface area (Å²) in [4.78, 5) is 0. The highest BCUT2D eigenvalue weighted by atomic mass is 19.1. The van der Waals surface area contributed by atoms with Crippen LogP contribution in [0.5, 0.6) is 11.5 Å². The summed E-state index contributed by atoms with van der Waals surface area (Å²) in [5, 5.41) is 9.58. The Morgan fingerprint density at radius 1 is 1.50 bits per heavy atom. The first kappa shape index (κ1) is 9.31.